The van der Waals surface area contributed by atoms with Crippen LogP contribution in [-0.2, 0) is 17.3 Å². The second kappa shape index (κ2) is 3.68. The molecular formula is C11H16N2O2. The van der Waals surface area contributed by atoms with Crippen molar-refractivity contribution in [2.45, 2.75) is 37.5 Å². The molecule has 0 saturated heterocycles. The highest BCUT2D eigenvalue weighted by atomic mass is 16.4. The summed E-state index contributed by atoms with van der Waals surface area (Å²) in [5.41, 5.74) is 0.151. The second-order valence-electron chi connectivity index (χ2n) is 4.29. The standard InChI is InChI=1S/C11H16N2O2/c1-13-9(5-8-12-13)11(10(14)15)6-3-2-4-7-11/h5,8H,2-4,6-7H2,1H3,(H,14,15). The molecule has 4 heteroatoms. The molecule has 1 aromatic heterocycles. The van der Waals surface area contributed by atoms with E-state index in [1.165, 1.54) is 0 Å². The molecule has 1 aliphatic rings. The lowest BCUT2D eigenvalue weighted by Gasteiger charge is -2.33. The van der Waals surface area contributed by atoms with Crippen molar-refractivity contribution >= 4 is 5.97 Å². The summed E-state index contributed by atoms with van der Waals surface area (Å²) in [5.74, 6) is -0.703. The van der Waals surface area contributed by atoms with E-state index >= 15 is 0 Å². The average Bonchev–Trinajstić information content (AvgIpc) is 2.66. The molecule has 0 aliphatic heterocycles. The predicted molar refractivity (Wildman–Crippen MR) is 55.6 cm³/mol. The minimum Gasteiger partial charge on any atom is -0.481 e. The van der Waals surface area contributed by atoms with E-state index in [1.807, 2.05) is 13.1 Å². The van der Waals surface area contributed by atoms with Crippen LogP contribution in [-0.4, -0.2) is 20.9 Å². The number of aliphatic carboxylic acids is 1. The van der Waals surface area contributed by atoms with Gasteiger partial charge < -0.3 is 5.11 Å². The van der Waals surface area contributed by atoms with Crippen LogP contribution in [0.4, 0.5) is 0 Å². The van der Waals surface area contributed by atoms with Crippen LogP contribution in [0.5, 0.6) is 0 Å². The Kier molecular flexibility index (Phi) is 2.50. The van der Waals surface area contributed by atoms with Crippen molar-refractivity contribution in [2.24, 2.45) is 7.05 Å². The zero-order valence-corrected chi connectivity index (χ0v) is 8.94. The van der Waals surface area contributed by atoms with Crippen LogP contribution in [0.2, 0.25) is 0 Å². The SMILES string of the molecule is Cn1nccc1C1(C(=O)O)CCCCC1. The molecule has 1 saturated carbocycles. The van der Waals surface area contributed by atoms with Crippen LogP contribution in [0.1, 0.15) is 37.8 Å². The lowest BCUT2D eigenvalue weighted by Crippen LogP contribution is -2.39. The Hall–Kier alpha value is -1.32. The van der Waals surface area contributed by atoms with Gasteiger partial charge in [0.1, 0.15) is 5.41 Å². The van der Waals surface area contributed by atoms with Gasteiger partial charge in [-0.3, -0.25) is 9.48 Å². The Morgan fingerprint density at radius 3 is 2.60 bits per heavy atom. The fraction of sp³-hybridized carbons (Fsp3) is 0.636. The predicted octanol–water partition coefficient (Wildman–Crippen LogP) is 1.71. The van der Waals surface area contributed by atoms with Gasteiger partial charge in [0.05, 0.1) is 5.69 Å². The van der Waals surface area contributed by atoms with Crippen LogP contribution in [0.25, 0.3) is 0 Å². The van der Waals surface area contributed by atoms with Crippen molar-refractivity contribution < 1.29 is 9.90 Å². The van der Waals surface area contributed by atoms with Crippen molar-refractivity contribution in [1.82, 2.24) is 9.78 Å². The Morgan fingerprint density at radius 2 is 2.13 bits per heavy atom. The van der Waals surface area contributed by atoms with Crippen LogP contribution in [0.15, 0.2) is 12.3 Å². The molecule has 1 aromatic rings. The molecule has 0 aromatic carbocycles. The van der Waals surface area contributed by atoms with Crippen LogP contribution in [0, 0.1) is 0 Å². The highest BCUT2D eigenvalue weighted by Gasteiger charge is 2.43. The van der Waals surface area contributed by atoms with Crippen LogP contribution >= 0.6 is 0 Å². The van der Waals surface area contributed by atoms with E-state index in [9.17, 15) is 9.90 Å². The van der Waals surface area contributed by atoms with E-state index in [0.29, 0.717) is 0 Å². The summed E-state index contributed by atoms with van der Waals surface area (Å²) < 4.78 is 1.69. The topological polar surface area (TPSA) is 55.1 Å². The van der Waals surface area contributed by atoms with E-state index in [0.717, 1.165) is 37.8 Å². The van der Waals surface area contributed by atoms with Crippen molar-refractivity contribution in [1.29, 1.82) is 0 Å². The summed E-state index contributed by atoms with van der Waals surface area (Å²) in [6.07, 6.45) is 6.29. The maximum Gasteiger partial charge on any atom is 0.315 e. The molecule has 0 bridgehead atoms. The minimum atomic E-state index is -0.703. The number of aryl methyl sites for hydroxylation is 1. The molecule has 0 unspecified atom stereocenters. The molecule has 0 spiro atoms. The van der Waals surface area contributed by atoms with Gasteiger partial charge >= 0.3 is 5.97 Å². The van der Waals surface area contributed by atoms with Gasteiger partial charge in [0.25, 0.3) is 0 Å². The second-order valence-corrected chi connectivity index (χ2v) is 4.29. The number of carboxylic acid groups (broad SMARTS) is 1. The average molecular weight is 208 g/mol. The Bertz CT molecular complexity index is 364. The molecule has 1 aliphatic carbocycles. The largest absolute Gasteiger partial charge is 0.481 e. The smallest absolute Gasteiger partial charge is 0.315 e. The van der Waals surface area contributed by atoms with Gasteiger partial charge in [-0.15, -0.1) is 0 Å². The summed E-state index contributed by atoms with van der Waals surface area (Å²) in [6.45, 7) is 0. The number of hydrogen-bond acceptors (Lipinski definition) is 2. The molecular weight excluding hydrogens is 192 g/mol. The first-order chi connectivity index (χ1) is 7.17. The Balaban J connectivity index is 2.42. The first-order valence-corrected chi connectivity index (χ1v) is 5.39. The molecule has 4 nitrogen and oxygen atoms in total. The van der Waals surface area contributed by atoms with E-state index in [4.69, 9.17) is 0 Å². The first kappa shape index (κ1) is 10.2. The molecule has 1 N–H and O–H groups in total. The lowest BCUT2D eigenvalue weighted by molar-refractivity contribution is -0.145. The van der Waals surface area contributed by atoms with Gasteiger partial charge in [-0.25, -0.2) is 0 Å². The third kappa shape index (κ3) is 1.54. The Morgan fingerprint density at radius 1 is 1.47 bits per heavy atom. The van der Waals surface area contributed by atoms with Gasteiger partial charge in [-0.1, -0.05) is 19.3 Å². The van der Waals surface area contributed by atoms with Crippen LogP contribution < -0.4 is 0 Å². The number of aromatic nitrogens is 2. The molecule has 1 fully saturated rings. The minimum absolute atomic E-state index is 0.691. The summed E-state index contributed by atoms with van der Waals surface area (Å²) in [6, 6.07) is 1.83. The fourth-order valence-corrected chi connectivity index (χ4v) is 2.58. The molecule has 82 valence electrons. The van der Waals surface area contributed by atoms with Crippen molar-refractivity contribution in [2.75, 3.05) is 0 Å². The monoisotopic (exact) mass is 208 g/mol. The highest BCUT2D eigenvalue weighted by Crippen LogP contribution is 2.39. The molecule has 0 atom stereocenters. The maximum absolute atomic E-state index is 11.5. The summed E-state index contributed by atoms with van der Waals surface area (Å²) in [7, 11) is 1.81. The number of carboxylic acids is 1. The number of rotatable bonds is 2. The van der Waals surface area contributed by atoms with E-state index in [1.54, 1.807) is 10.9 Å². The fourth-order valence-electron chi connectivity index (χ4n) is 2.58. The summed E-state index contributed by atoms with van der Waals surface area (Å²) in [4.78, 5) is 11.5. The third-order valence-electron chi connectivity index (χ3n) is 3.43. The summed E-state index contributed by atoms with van der Waals surface area (Å²) >= 11 is 0. The van der Waals surface area contributed by atoms with Gasteiger partial charge in [0.15, 0.2) is 0 Å². The number of hydrogen-bond donors (Lipinski definition) is 1. The Labute approximate surface area is 88.9 Å². The quantitative estimate of drug-likeness (QED) is 0.804. The number of carbonyl (C=O) groups is 1. The lowest BCUT2D eigenvalue weighted by atomic mass is 9.72. The van der Waals surface area contributed by atoms with Gasteiger partial charge in [0.2, 0.25) is 0 Å². The molecule has 0 amide bonds. The summed E-state index contributed by atoms with van der Waals surface area (Å²) in [5, 5.41) is 13.5. The van der Waals surface area contributed by atoms with Crippen molar-refractivity contribution in [3.8, 4) is 0 Å². The normalized spacial score (nSPS) is 20.1. The zero-order valence-electron chi connectivity index (χ0n) is 8.94. The van der Waals surface area contributed by atoms with E-state index < -0.39 is 11.4 Å². The third-order valence-corrected chi connectivity index (χ3v) is 3.43. The molecule has 1 heterocycles. The maximum atomic E-state index is 11.5. The number of nitrogens with zero attached hydrogens (tertiary/aromatic N) is 2. The highest BCUT2D eigenvalue weighted by molar-refractivity contribution is 5.80. The van der Waals surface area contributed by atoms with E-state index in [2.05, 4.69) is 5.10 Å². The van der Waals surface area contributed by atoms with Crippen molar-refractivity contribution in [3.05, 3.63) is 18.0 Å². The van der Waals surface area contributed by atoms with Crippen molar-refractivity contribution in [3.63, 3.8) is 0 Å². The van der Waals surface area contributed by atoms with Gasteiger partial charge in [-0.05, 0) is 18.9 Å². The first-order valence-electron chi connectivity index (χ1n) is 5.39. The zero-order chi connectivity index (χ0) is 10.9. The van der Waals surface area contributed by atoms with Gasteiger partial charge in [-0.2, -0.15) is 5.10 Å². The van der Waals surface area contributed by atoms with Crippen LogP contribution in [0.3, 0.4) is 0 Å². The molecule has 15 heavy (non-hydrogen) atoms. The molecule has 0 radical (unpaired) electrons. The van der Waals surface area contributed by atoms with E-state index in [-0.39, 0.29) is 0 Å². The molecule has 2 rings (SSSR count). The van der Waals surface area contributed by atoms with Gasteiger partial charge in [0, 0.05) is 13.2 Å².